The number of hydrogen-bond donors (Lipinski definition) is 1. The lowest BCUT2D eigenvalue weighted by Gasteiger charge is -2.22. The number of carbonyl (C=O) groups is 2. The number of aromatic nitrogens is 1. The van der Waals surface area contributed by atoms with Crippen molar-refractivity contribution >= 4 is 33.4 Å². The second-order valence-electron chi connectivity index (χ2n) is 7.08. The average molecular weight is 445 g/mol. The van der Waals surface area contributed by atoms with Crippen molar-refractivity contribution < 1.29 is 9.59 Å². The van der Waals surface area contributed by atoms with E-state index < -0.39 is 0 Å². The molecule has 2 amide bonds. The molecule has 0 unspecified atom stereocenters. The lowest BCUT2D eigenvalue weighted by molar-refractivity contribution is -0.117. The van der Waals surface area contributed by atoms with Gasteiger partial charge < -0.3 is 10.2 Å². The molecule has 148 valence electrons. The van der Waals surface area contributed by atoms with Gasteiger partial charge in [0.25, 0.3) is 5.91 Å². The largest absolute Gasteiger partial charge is 0.336 e. The molecule has 0 spiro atoms. The molecule has 1 fully saturated rings. The van der Waals surface area contributed by atoms with Crippen LogP contribution in [0.1, 0.15) is 28.0 Å². The monoisotopic (exact) mass is 444 g/mol. The number of nitrogens with zero attached hydrogens (tertiary/aromatic N) is 3. The topological polar surface area (TPSA) is 65.5 Å². The molecular weight excluding hydrogens is 420 g/mol. The molecule has 0 radical (unpaired) electrons. The Morgan fingerprint density at radius 2 is 1.75 bits per heavy atom. The summed E-state index contributed by atoms with van der Waals surface area (Å²) in [5.41, 5.74) is 3.44. The number of aryl methyl sites for hydroxylation is 2. The van der Waals surface area contributed by atoms with Crippen LogP contribution in [-0.4, -0.2) is 59.3 Å². The highest BCUT2D eigenvalue weighted by molar-refractivity contribution is 9.10. The van der Waals surface area contributed by atoms with Gasteiger partial charge in [-0.25, -0.2) is 4.98 Å². The average Bonchev–Trinajstić information content (AvgIpc) is 2.90. The van der Waals surface area contributed by atoms with Gasteiger partial charge in [0, 0.05) is 31.9 Å². The standard InChI is InChI=1S/C21H25BrN4O2/c1-15-6-3-7-16(2)20(15)24-19(27)14-25-10-5-11-26(13-12-25)21(28)17-8-4-9-18(22)23-17/h3-4,6-9H,5,10-14H2,1-2H3,(H,24,27). The lowest BCUT2D eigenvalue weighted by atomic mass is 10.1. The molecule has 0 aliphatic carbocycles. The van der Waals surface area contributed by atoms with Gasteiger partial charge in [0.1, 0.15) is 10.3 Å². The van der Waals surface area contributed by atoms with Gasteiger partial charge in [0.15, 0.2) is 0 Å². The molecule has 2 aromatic rings. The predicted octanol–water partition coefficient (Wildman–Crippen LogP) is 3.25. The van der Waals surface area contributed by atoms with Gasteiger partial charge in [-0.05, 0) is 59.5 Å². The summed E-state index contributed by atoms with van der Waals surface area (Å²) >= 11 is 3.31. The minimum absolute atomic E-state index is 0.0224. The smallest absolute Gasteiger partial charge is 0.272 e. The van der Waals surface area contributed by atoms with Gasteiger partial charge in [-0.3, -0.25) is 14.5 Å². The summed E-state index contributed by atoms with van der Waals surface area (Å²) in [6, 6.07) is 11.3. The van der Waals surface area contributed by atoms with Crippen molar-refractivity contribution in [3.05, 3.63) is 57.8 Å². The lowest BCUT2D eigenvalue weighted by Crippen LogP contribution is -2.38. The van der Waals surface area contributed by atoms with Gasteiger partial charge in [-0.1, -0.05) is 24.3 Å². The third kappa shape index (κ3) is 5.17. The first-order valence-electron chi connectivity index (χ1n) is 9.44. The molecule has 1 aromatic heterocycles. The van der Waals surface area contributed by atoms with Crippen LogP contribution < -0.4 is 5.32 Å². The molecule has 3 rings (SSSR count). The third-order valence-electron chi connectivity index (χ3n) is 4.92. The van der Waals surface area contributed by atoms with E-state index in [1.807, 2.05) is 43.0 Å². The highest BCUT2D eigenvalue weighted by Gasteiger charge is 2.22. The van der Waals surface area contributed by atoms with Crippen molar-refractivity contribution in [2.24, 2.45) is 0 Å². The molecule has 28 heavy (non-hydrogen) atoms. The number of carbonyl (C=O) groups excluding carboxylic acids is 2. The van der Waals surface area contributed by atoms with E-state index in [0.717, 1.165) is 29.8 Å². The van der Waals surface area contributed by atoms with E-state index in [0.29, 0.717) is 36.5 Å². The fourth-order valence-electron chi connectivity index (χ4n) is 3.42. The summed E-state index contributed by atoms with van der Waals surface area (Å²) in [4.78, 5) is 33.4. The molecule has 6 nitrogen and oxygen atoms in total. The maximum atomic E-state index is 12.7. The molecule has 0 atom stereocenters. The summed E-state index contributed by atoms with van der Waals surface area (Å²) in [5, 5.41) is 3.04. The van der Waals surface area contributed by atoms with E-state index in [4.69, 9.17) is 0 Å². The van der Waals surface area contributed by atoms with Crippen LogP contribution in [0.15, 0.2) is 41.0 Å². The Balaban J connectivity index is 1.56. The number of halogens is 1. The van der Waals surface area contributed by atoms with Crippen LogP contribution in [0.25, 0.3) is 0 Å². The minimum Gasteiger partial charge on any atom is -0.336 e. The molecule has 0 bridgehead atoms. The van der Waals surface area contributed by atoms with Crippen LogP contribution in [0, 0.1) is 13.8 Å². The summed E-state index contributed by atoms with van der Waals surface area (Å²) in [6.45, 7) is 7.02. The van der Waals surface area contributed by atoms with Crippen molar-refractivity contribution in [1.82, 2.24) is 14.8 Å². The fraction of sp³-hybridized carbons (Fsp3) is 0.381. The van der Waals surface area contributed by atoms with E-state index in [1.165, 1.54) is 0 Å². The van der Waals surface area contributed by atoms with Crippen molar-refractivity contribution in [3.8, 4) is 0 Å². The highest BCUT2D eigenvalue weighted by atomic mass is 79.9. The van der Waals surface area contributed by atoms with Crippen molar-refractivity contribution in [2.75, 3.05) is 38.0 Å². The summed E-state index contributed by atoms with van der Waals surface area (Å²) in [7, 11) is 0. The van der Waals surface area contributed by atoms with Crippen molar-refractivity contribution in [3.63, 3.8) is 0 Å². The number of pyridine rings is 1. The van der Waals surface area contributed by atoms with Crippen LogP contribution in [0.4, 0.5) is 5.69 Å². The Morgan fingerprint density at radius 1 is 1.04 bits per heavy atom. The maximum absolute atomic E-state index is 12.7. The van der Waals surface area contributed by atoms with Gasteiger partial charge >= 0.3 is 0 Å². The molecule has 1 aliphatic rings. The van der Waals surface area contributed by atoms with Gasteiger partial charge in [0.05, 0.1) is 6.54 Å². The number of hydrogen-bond acceptors (Lipinski definition) is 4. The van der Waals surface area contributed by atoms with Gasteiger partial charge in [-0.2, -0.15) is 0 Å². The SMILES string of the molecule is Cc1cccc(C)c1NC(=O)CN1CCCN(C(=O)c2cccc(Br)n2)CC1. The second kappa shape index (κ2) is 9.30. The molecule has 0 saturated carbocycles. The first-order chi connectivity index (χ1) is 13.4. The zero-order chi connectivity index (χ0) is 20.1. The van der Waals surface area contributed by atoms with Crippen LogP contribution in [-0.2, 0) is 4.79 Å². The molecule has 1 aromatic carbocycles. The maximum Gasteiger partial charge on any atom is 0.272 e. The van der Waals surface area contributed by atoms with E-state index in [9.17, 15) is 9.59 Å². The molecule has 1 N–H and O–H groups in total. The third-order valence-corrected chi connectivity index (χ3v) is 5.36. The fourth-order valence-corrected chi connectivity index (χ4v) is 3.76. The van der Waals surface area contributed by atoms with Gasteiger partial charge in [0.2, 0.25) is 5.91 Å². The van der Waals surface area contributed by atoms with E-state index in [-0.39, 0.29) is 11.8 Å². The Kier molecular flexibility index (Phi) is 6.80. The second-order valence-corrected chi connectivity index (χ2v) is 7.89. The Morgan fingerprint density at radius 3 is 2.46 bits per heavy atom. The summed E-state index contributed by atoms with van der Waals surface area (Å²) < 4.78 is 0.651. The number of rotatable bonds is 4. The molecular formula is C21H25BrN4O2. The first-order valence-corrected chi connectivity index (χ1v) is 10.2. The quantitative estimate of drug-likeness (QED) is 0.734. The number of nitrogens with one attached hydrogen (secondary N) is 1. The zero-order valence-corrected chi connectivity index (χ0v) is 17.8. The predicted molar refractivity (Wildman–Crippen MR) is 113 cm³/mol. The normalized spacial score (nSPS) is 15.2. The Labute approximate surface area is 174 Å². The Bertz CT molecular complexity index is 851. The van der Waals surface area contributed by atoms with Crippen LogP contribution >= 0.6 is 15.9 Å². The molecule has 7 heteroatoms. The molecule has 2 heterocycles. The summed E-state index contributed by atoms with van der Waals surface area (Å²) in [5.74, 6) is -0.0889. The molecule has 1 saturated heterocycles. The van der Waals surface area contributed by atoms with Crippen molar-refractivity contribution in [2.45, 2.75) is 20.3 Å². The van der Waals surface area contributed by atoms with E-state index in [2.05, 4.69) is 31.1 Å². The van der Waals surface area contributed by atoms with E-state index >= 15 is 0 Å². The summed E-state index contributed by atoms with van der Waals surface area (Å²) in [6.07, 6.45) is 0.830. The highest BCUT2D eigenvalue weighted by Crippen LogP contribution is 2.19. The zero-order valence-electron chi connectivity index (χ0n) is 16.2. The van der Waals surface area contributed by atoms with E-state index in [1.54, 1.807) is 12.1 Å². The Hall–Kier alpha value is -2.25. The van der Waals surface area contributed by atoms with Crippen LogP contribution in [0.3, 0.4) is 0 Å². The number of amides is 2. The van der Waals surface area contributed by atoms with Gasteiger partial charge in [-0.15, -0.1) is 0 Å². The van der Waals surface area contributed by atoms with Crippen molar-refractivity contribution in [1.29, 1.82) is 0 Å². The van der Waals surface area contributed by atoms with Crippen LogP contribution in [0.2, 0.25) is 0 Å². The molecule has 1 aliphatic heterocycles. The number of anilines is 1. The number of para-hydroxylation sites is 1. The number of benzene rings is 1. The van der Waals surface area contributed by atoms with Crippen LogP contribution in [0.5, 0.6) is 0 Å². The first kappa shape index (κ1) is 20.5. The minimum atomic E-state index is -0.0665.